The lowest BCUT2D eigenvalue weighted by Gasteiger charge is -2.10. The summed E-state index contributed by atoms with van der Waals surface area (Å²) in [5.41, 5.74) is 0.490. The first-order valence-corrected chi connectivity index (χ1v) is 11.9. The second kappa shape index (κ2) is 9.03. The molecule has 0 fully saturated rings. The first-order chi connectivity index (χ1) is 16.0. The fraction of sp³-hybridized carbons (Fsp3) is 0.0870. The van der Waals surface area contributed by atoms with E-state index in [-0.39, 0.29) is 22.3 Å². The van der Waals surface area contributed by atoms with Gasteiger partial charge in [-0.2, -0.15) is 13.2 Å². The number of ether oxygens (including phenoxy) is 1. The Bertz CT molecular complexity index is 1430. The van der Waals surface area contributed by atoms with E-state index in [0.29, 0.717) is 28.1 Å². The minimum atomic E-state index is -4.48. The molecule has 0 atom stereocenters. The average Bonchev–Trinajstić information content (AvgIpc) is 2.79. The summed E-state index contributed by atoms with van der Waals surface area (Å²) in [6.07, 6.45) is -1.46. The number of hydrogen-bond acceptors (Lipinski definition) is 6. The summed E-state index contributed by atoms with van der Waals surface area (Å²) in [5, 5.41) is 0.497. The average molecular weight is 506 g/mol. The Hall–Kier alpha value is -3.50. The van der Waals surface area contributed by atoms with Gasteiger partial charge in [0.05, 0.1) is 17.5 Å². The van der Waals surface area contributed by atoms with E-state index in [1.165, 1.54) is 6.20 Å². The molecule has 6 nitrogen and oxygen atoms in total. The van der Waals surface area contributed by atoms with Gasteiger partial charge in [-0.1, -0.05) is 23.7 Å². The smallest absolute Gasteiger partial charge is 0.417 e. The third kappa shape index (κ3) is 5.35. The summed E-state index contributed by atoms with van der Waals surface area (Å²) in [6, 6.07) is 15.0. The Morgan fingerprint density at radius 2 is 1.50 bits per heavy atom. The number of alkyl halides is 3. The monoisotopic (exact) mass is 505 g/mol. The Labute approximate surface area is 198 Å². The highest BCUT2D eigenvalue weighted by Gasteiger charge is 2.30. The maximum atomic E-state index is 12.7. The zero-order valence-corrected chi connectivity index (χ0v) is 19.0. The van der Waals surface area contributed by atoms with Crippen LogP contribution >= 0.6 is 11.6 Å². The predicted octanol–water partition coefficient (Wildman–Crippen LogP) is 6.07. The number of hydrogen-bond donors (Lipinski definition) is 0. The van der Waals surface area contributed by atoms with E-state index < -0.39 is 21.6 Å². The highest BCUT2D eigenvalue weighted by molar-refractivity contribution is 7.90. The molecule has 0 unspecified atom stereocenters. The van der Waals surface area contributed by atoms with Crippen LogP contribution in [0.5, 0.6) is 11.6 Å². The van der Waals surface area contributed by atoms with Gasteiger partial charge in [0, 0.05) is 34.7 Å². The van der Waals surface area contributed by atoms with E-state index >= 15 is 0 Å². The molecular formula is C23H15ClF3N3O3S. The molecule has 0 amide bonds. The van der Waals surface area contributed by atoms with Crippen molar-refractivity contribution in [2.75, 3.05) is 6.26 Å². The fourth-order valence-corrected chi connectivity index (χ4v) is 3.88. The minimum absolute atomic E-state index is 0.000435. The van der Waals surface area contributed by atoms with Crippen molar-refractivity contribution in [3.8, 4) is 34.3 Å². The Morgan fingerprint density at radius 1 is 0.853 bits per heavy atom. The molecule has 174 valence electrons. The maximum Gasteiger partial charge on any atom is 0.417 e. The van der Waals surface area contributed by atoms with Crippen LogP contribution in [0.25, 0.3) is 22.6 Å². The lowest BCUT2D eigenvalue weighted by molar-refractivity contribution is -0.137. The van der Waals surface area contributed by atoms with Crippen LogP contribution < -0.4 is 4.74 Å². The standard InChI is InChI=1S/C23H15ClF3N3O3S/c1-34(31,32)19-13-29-22(30-21(19)14-2-7-17(24)8-3-14)15-4-9-18(10-5-15)33-20-11-6-16(12-28-20)23(25,26)27/h2-13H,1H3. The normalized spacial score (nSPS) is 11.9. The molecule has 0 aliphatic carbocycles. The summed E-state index contributed by atoms with van der Waals surface area (Å²) >= 11 is 5.94. The van der Waals surface area contributed by atoms with E-state index in [4.69, 9.17) is 16.3 Å². The van der Waals surface area contributed by atoms with E-state index in [9.17, 15) is 21.6 Å². The summed E-state index contributed by atoms with van der Waals surface area (Å²) in [7, 11) is -3.60. The van der Waals surface area contributed by atoms with Crippen molar-refractivity contribution in [1.29, 1.82) is 0 Å². The number of halogens is 4. The zero-order valence-electron chi connectivity index (χ0n) is 17.4. The molecule has 0 saturated heterocycles. The van der Waals surface area contributed by atoms with Gasteiger partial charge in [0.2, 0.25) is 5.88 Å². The molecule has 0 bridgehead atoms. The summed E-state index contributed by atoms with van der Waals surface area (Å²) in [4.78, 5) is 12.3. The van der Waals surface area contributed by atoms with Crippen molar-refractivity contribution in [1.82, 2.24) is 15.0 Å². The van der Waals surface area contributed by atoms with Crippen molar-refractivity contribution in [2.24, 2.45) is 0 Å². The molecule has 0 spiro atoms. The van der Waals surface area contributed by atoms with Crippen LogP contribution in [0.4, 0.5) is 13.2 Å². The summed E-state index contributed by atoms with van der Waals surface area (Å²) in [6.45, 7) is 0. The van der Waals surface area contributed by atoms with Crippen LogP contribution in [0.1, 0.15) is 5.56 Å². The number of pyridine rings is 1. The van der Waals surface area contributed by atoms with Crippen LogP contribution in [0, 0.1) is 0 Å². The number of rotatable bonds is 5. The molecule has 2 aromatic carbocycles. The number of sulfone groups is 1. The first-order valence-electron chi connectivity index (χ1n) is 9.65. The summed E-state index contributed by atoms with van der Waals surface area (Å²) < 4.78 is 68.0. The van der Waals surface area contributed by atoms with Gasteiger partial charge in [-0.05, 0) is 42.5 Å². The highest BCUT2D eigenvalue weighted by atomic mass is 35.5. The van der Waals surface area contributed by atoms with Crippen LogP contribution in [0.3, 0.4) is 0 Å². The molecule has 2 aromatic heterocycles. The Kier molecular flexibility index (Phi) is 6.28. The molecule has 0 N–H and O–H groups in total. The van der Waals surface area contributed by atoms with Gasteiger partial charge in [-0.3, -0.25) is 0 Å². The van der Waals surface area contributed by atoms with Crippen LogP contribution in [-0.2, 0) is 16.0 Å². The second-order valence-electron chi connectivity index (χ2n) is 7.19. The SMILES string of the molecule is CS(=O)(=O)c1cnc(-c2ccc(Oc3ccc(C(F)(F)F)cn3)cc2)nc1-c1ccc(Cl)cc1. The quantitative estimate of drug-likeness (QED) is 0.327. The lowest BCUT2D eigenvalue weighted by atomic mass is 10.1. The molecule has 2 heterocycles. The molecule has 34 heavy (non-hydrogen) atoms. The van der Waals surface area contributed by atoms with Gasteiger partial charge in [0.15, 0.2) is 15.7 Å². The first kappa shape index (κ1) is 23.7. The molecule has 0 saturated carbocycles. The van der Waals surface area contributed by atoms with Crippen molar-refractivity contribution < 1.29 is 26.3 Å². The van der Waals surface area contributed by atoms with Gasteiger partial charge in [0.25, 0.3) is 0 Å². The second-order valence-corrected chi connectivity index (χ2v) is 9.62. The third-order valence-electron chi connectivity index (χ3n) is 4.67. The van der Waals surface area contributed by atoms with Crippen molar-refractivity contribution in [2.45, 2.75) is 11.1 Å². The van der Waals surface area contributed by atoms with Crippen LogP contribution in [0.2, 0.25) is 5.02 Å². The van der Waals surface area contributed by atoms with Crippen LogP contribution in [-0.4, -0.2) is 29.6 Å². The predicted molar refractivity (Wildman–Crippen MR) is 120 cm³/mol. The van der Waals surface area contributed by atoms with E-state index in [1.54, 1.807) is 48.5 Å². The molecule has 0 radical (unpaired) electrons. The summed E-state index contributed by atoms with van der Waals surface area (Å²) in [5.74, 6) is 0.609. The van der Waals surface area contributed by atoms with Crippen molar-refractivity contribution in [3.63, 3.8) is 0 Å². The largest absolute Gasteiger partial charge is 0.439 e. The molecule has 4 aromatic rings. The topological polar surface area (TPSA) is 82.0 Å². The Balaban J connectivity index is 1.62. The molecule has 0 aliphatic rings. The van der Waals surface area contributed by atoms with E-state index in [1.807, 2.05) is 0 Å². The molecular weight excluding hydrogens is 491 g/mol. The van der Waals surface area contributed by atoms with E-state index in [0.717, 1.165) is 18.4 Å². The number of nitrogens with zero attached hydrogens (tertiary/aromatic N) is 3. The maximum absolute atomic E-state index is 12.7. The number of benzene rings is 2. The van der Waals surface area contributed by atoms with Crippen LogP contribution in [0.15, 0.2) is 78.0 Å². The Morgan fingerprint density at radius 3 is 2.06 bits per heavy atom. The molecule has 0 aliphatic heterocycles. The highest BCUT2D eigenvalue weighted by Crippen LogP contribution is 2.31. The minimum Gasteiger partial charge on any atom is -0.439 e. The molecule has 11 heteroatoms. The number of aromatic nitrogens is 3. The fourth-order valence-electron chi connectivity index (χ4n) is 3.00. The van der Waals surface area contributed by atoms with E-state index in [2.05, 4.69) is 15.0 Å². The van der Waals surface area contributed by atoms with Gasteiger partial charge in [-0.25, -0.2) is 23.4 Å². The van der Waals surface area contributed by atoms with Gasteiger partial charge >= 0.3 is 6.18 Å². The third-order valence-corrected chi connectivity index (χ3v) is 6.02. The zero-order chi connectivity index (χ0) is 24.5. The van der Waals surface area contributed by atoms with Gasteiger partial charge in [0.1, 0.15) is 10.6 Å². The lowest BCUT2D eigenvalue weighted by Crippen LogP contribution is -2.05. The van der Waals surface area contributed by atoms with Gasteiger partial charge < -0.3 is 4.74 Å². The van der Waals surface area contributed by atoms with Crippen molar-refractivity contribution >= 4 is 21.4 Å². The van der Waals surface area contributed by atoms with Gasteiger partial charge in [-0.15, -0.1) is 0 Å². The molecule has 4 rings (SSSR count). The van der Waals surface area contributed by atoms with Crippen molar-refractivity contribution in [3.05, 3.63) is 83.6 Å².